The van der Waals surface area contributed by atoms with Crippen molar-refractivity contribution in [3.05, 3.63) is 20.3 Å². The Balaban J connectivity index is 2.62. The van der Waals surface area contributed by atoms with Crippen LogP contribution in [0.1, 0.15) is 23.6 Å². The third-order valence-electron chi connectivity index (χ3n) is 2.14. The van der Waals surface area contributed by atoms with Crippen LogP contribution in [0.15, 0.2) is 10.5 Å². The van der Waals surface area contributed by atoms with Crippen LogP contribution < -0.4 is 5.73 Å². The summed E-state index contributed by atoms with van der Waals surface area (Å²) >= 11 is 5.18. The van der Waals surface area contributed by atoms with Gasteiger partial charge in [-0.15, -0.1) is 11.3 Å². The third kappa shape index (κ3) is 3.57. The highest BCUT2D eigenvalue weighted by Gasteiger charge is 2.17. The molecule has 0 spiro atoms. The highest BCUT2D eigenvalue weighted by Crippen LogP contribution is 2.28. The molecule has 1 aromatic heterocycles. The third-order valence-corrected chi connectivity index (χ3v) is 4.41. The van der Waals surface area contributed by atoms with Gasteiger partial charge in [-0.2, -0.15) is 0 Å². The molecule has 0 fully saturated rings. The van der Waals surface area contributed by atoms with E-state index in [2.05, 4.69) is 22.9 Å². The summed E-state index contributed by atoms with van der Waals surface area (Å²) in [6.07, 6.45) is 1.53. The summed E-state index contributed by atoms with van der Waals surface area (Å²) in [5, 5.41) is 0. The number of halogens is 1. The van der Waals surface area contributed by atoms with Gasteiger partial charge in [-0.25, -0.2) is 0 Å². The van der Waals surface area contributed by atoms with Gasteiger partial charge in [0.05, 0.1) is 6.61 Å². The molecule has 90 valence electrons. The van der Waals surface area contributed by atoms with E-state index in [0.717, 1.165) is 15.8 Å². The van der Waals surface area contributed by atoms with E-state index in [-0.39, 0.29) is 5.97 Å². The fraction of sp³-hybridized carbons (Fsp3) is 0.545. The number of carbonyl (C=O) groups is 1. The van der Waals surface area contributed by atoms with Crippen molar-refractivity contribution in [2.45, 2.75) is 32.7 Å². The van der Waals surface area contributed by atoms with Crippen LogP contribution in [-0.2, 0) is 22.4 Å². The predicted octanol–water partition coefficient (Wildman–Crippen LogP) is 2.51. The molecule has 1 unspecified atom stereocenters. The number of hydrogen-bond donors (Lipinski definition) is 1. The van der Waals surface area contributed by atoms with E-state index in [9.17, 15) is 4.79 Å². The number of carbonyl (C=O) groups excluding carboxylic acids is 1. The van der Waals surface area contributed by atoms with Crippen LogP contribution in [0, 0.1) is 0 Å². The average Bonchev–Trinajstić information content (AvgIpc) is 2.59. The minimum Gasteiger partial charge on any atom is -0.465 e. The lowest BCUT2D eigenvalue weighted by Gasteiger charge is -2.08. The summed E-state index contributed by atoms with van der Waals surface area (Å²) in [6, 6.07) is 1.47. The van der Waals surface area contributed by atoms with Crippen molar-refractivity contribution in [2.24, 2.45) is 5.73 Å². The fourth-order valence-corrected chi connectivity index (χ4v) is 3.36. The first kappa shape index (κ1) is 13.7. The Labute approximate surface area is 108 Å². The molecule has 0 aliphatic carbocycles. The molecule has 5 heteroatoms. The molecule has 0 amide bonds. The summed E-state index contributed by atoms with van der Waals surface area (Å²) in [5.41, 5.74) is 5.75. The molecule has 0 bridgehead atoms. The molecule has 1 atom stereocenters. The smallest absolute Gasteiger partial charge is 0.323 e. The lowest BCUT2D eigenvalue weighted by Crippen LogP contribution is -2.34. The van der Waals surface area contributed by atoms with Gasteiger partial charge in [0, 0.05) is 20.6 Å². The number of hydrogen-bond acceptors (Lipinski definition) is 4. The Morgan fingerprint density at radius 2 is 2.31 bits per heavy atom. The van der Waals surface area contributed by atoms with E-state index < -0.39 is 6.04 Å². The van der Waals surface area contributed by atoms with Crippen LogP contribution in [0.25, 0.3) is 0 Å². The fourth-order valence-electron chi connectivity index (χ4n) is 1.35. The summed E-state index contributed by atoms with van der Waals surface area (Å²) in [6.45, 7) is 4.26. The van der Waals surface area contributed by atoms with Crippen LogP contribution in [-0.4, -0.2) is 18.6 Å². The largest absolute Gasteiger partial charge is 0.465 e. The molecule has 0 saturated heterocycles. The van der Waals surface area contributed by atoms with Crippen molar-refractivity contribution >= 4 is 33.2 Å². The molecule has 0 radical (unpaired) electrons. The zero-order valence-corrected chi connectivity index (χ0v) is 11.9. The molecule has 3 nitrogen and oxygen atoms in total. The molecule has 1 aromatic rings. The maximum Gasteiger partial charge on any atom is 0.323 e. The summed E-state index contributed by atoms with van der Waals surface area (Å²) in [5.74, 6) is -0.329. The maximum absolute atomic E-state index is 11.4. The Kier molecular flexibility index (Phi) is 5.44. The molecular formula is C11H16BrNO2S. The molecule has 0 aliphatic rings. The van der Waals surface area contributed by atoms with E-state index in [1.54, 1.807) is 18.3 Å². The molecule has 1 heterocycles. The molecule has 1 rings (SSSR count). The highest BCUT2D eigenvalue weighted by molar-refractivity contribution is 9.10. The highest BCUT2D eigenvalue weighted by atomic mass is 79.9. The van der Waals surface area contributed by atoms with Crippen molar-refractivity contribution in [1.29, 1.82) is 0 Å². The van der Waals surface area contributed by atoms with Gasteiger partial charge < -0.3 is 10.5 Å². The first-order chi connectivity index (χ1) is 7.58. The number of nitrogens with two attached hydrogens (primary N) is 1. The van der Waals surface area contributed by atoms with Crippen molar-refractivity contribution in [3.8, 4) is 0 Å². The van der Waals surface area contributed by atoms with Gasteiger partial charge in [-0.1, -0.05) is 6.92 Å². The van der Waals surface area contributed by atoms with Crippen molar-refractivity contribution in [1.82, 2.24) is 0 Å². The number of rotatable bonds is 5. The van der Waals surface area contributed by atoms with Crippen LogP contribution in [0.2, 0.25) is 0 Å². The normalized spacial score (nSPS) is 12.5. The molecule has 0 saturated carbocycles. The Bertz CT molecular complexity index is 365. The van der Waals surface area contributed by atoms with Crippen molar-refractivity contribution in [3.63, 3.8) is 0 Å². The Morgan fingerprint density at radius 3 is 2.81 bits per heavy atom. The minimum atomic E-state index is -0.560. The van der Waals surface area contributed by atoms with Gasteiger partial charge in [0.25, 0.3) is 0 Å². The van der Waals surface area contributed by atoms with Gasteiger partial charge in [0.1, 0.15) is 6.04 Å². The van der Waals surface area contributed by atoms with Crippen LogP contribution in [0.4, 0.5) is 0 Å². The number of ether oxygens (including phenoxy) is 1. The van der Waals surface area contributed by atoms with Crippen molar-refractivity contribution < 1.29 is 9.53 Å². The van der Waals surface area contributed by atoms with Crippen LogP contribution >= 0.6 is 27.3 Å². The summed E-state index contributed by atoms with van der Waals surface area (Å²) < 4.78 is 5.97. The molecular weight excluding hydrogens is 290 g/mol. The predicted molar refractivity (Wildman–Crippen MR) is 69.7 cm³/mol. The molecule has 16 heavy (non-hydrogen) atoms. The number of esters is 1. The summed E-state index contributed by atoms with van der Waals surface area (Å²) in [7, 11) is 0. The van der Waals surface area contributed by atoms with E-state index in [4.69, 9.17) is 10.5 Å². The molecule has 0 aromatic carbocycles. The SMILES string of the molecule is CCOC(=O)C(N)Cc1cc(Br)c(CC)s1. The van der Waals surface area contributed by atoms with Crippen molar-refractivity contribution in [2.75, 3.05) is 6.61 Å². The summed E-state index contributed by atoms with van der Waals surface area (Å²) in [4.78, 5) is 13.8. The van der Waals surface area contributed by atoms with Crippen LogP contribution in [0.5, 0.6) is 0 Å². The number of thiophene rings is 1. The van der Waals surface area contributed by atoms with E-state index in [1.807, 2.05) is 6.07 Å². The van der Waals surface area contributed by atoms with Gasteiger partial charge in [-0.05, 0) is 35.3 Å². The second-order valence-corrected chi connectivity index (χ2v) is 5.48. The van der Waals surface area contributed by atoms with E-state index in [0.29, 0.717) is 13.0 Å². The second kappa shape index (κ2) is 6.37. The quantitative estimate of drug-likeness (QED) is 0.850. The van der Waals surface area contributed by atoms with Gasteiger partial charge in [-0.3, -0.25) is 4.79 Å². The topological polar surface area (TPSA) is 52.3 Å². The standard InChI is InChI=1S/C11H16BrNO2S/c1-3-10-8(12)5-7(16-10)6-9(13)11(14)15-4-2/h5,9H,3-4,6,13H2,1-2H3. The van der Waals surface area contributed by atoms with E-state index in [1.165, 1.54) is 4.88 Å². The lowest BCUT2D eigenvalue weighted by molar-refractivity contribution is -0.144. The first-order valence-electron chi connectivity index (χ1n) is 5.27. The van der Waals surface area contributed by atoms with Crippen LogP contribution in [0.3, 0.4) is 0 Å². The average molecular weight is 306 g/mol. The first-order valence-corrected chi connectivity index (χ1v) is 6.88. The molecule has 2 N–H and O–H groups in total. The number of aryl methyl sites for hydroxylation is 1. The van der Waals surface area contributed by atoms with Gasteiger partial charge in [0.2, 0.25) is 0 Å². The second-order valence-electron chi connectivity index (χ2n) is 3.40. The maximum atomic E-state index is 11.4. The zero-order valence-electron chi connectivity index (χ0n) is 9.46. The Morgan fingerprint density at radius 1 is 1.62 bits per heavy atom. The van der Waals surface area contributed by atoms with Gasteiger partial charge in [0.15, 0.2) is 0 Å². The minimum absolute atomic E-state index is 0.329. The monoisotopic (exact) mass is 305 g/mol. The zero-order chi connectivity index (χ0) is 12.1. The van der Waals surface area contributed by atoms with E-state index >= 15 is 0 Å². The Hall–Kier alpha value is -0.390. The lowest BCUT2D eigenvalue weighted by atomic mass is 10.2. The molecule has 0 aliphatic heterocycles. The van der Waals surface area contributed by atoms with Gasteiger partial charge >= 0.3 is 5.97 Å².